The summed E-state index contributed by atoms with van der Waals surface area (Å²) < 4.78 is 0. The van der Waals surface area contributed by atoms with E-state index in [0.717, 1.165) is 12.5 Å². The summed E-state index contributed by atoms with van der Waals surface area (Å²) in [7, 11) is 0. The molecule has 0 aromatic rings. The molecule has 0 amide bonds. The molecule has 0 radical (unpaired) electrons. The first kappa shape index (κ1) is 13.8. The molecule has 19 heavy (non-hydrogen) atoms. The van der Waals surface area contributed by atoms with Crippen molar-refractivity contribution in [2.24, 2.45) is 17.6 Å². The molecule has 6 rings (SSSR count). The minimum atomic E-state index is -0.281. The van der Waals surface area contributed by atoms with Crippen molar-refractivity contribution in [3.63, 3.8) is 0 Å². The Morgan fingerprint density at radius 1 is 0.895 bits per heavy atom. The van der Waals surface area contributed by atoms with Crippen LogP contribution in [0.4, 0.5) is 0 Å². The lowest BCUT2D eigenvalue weighted by atomic mass is 9.74. The second-order valence-electron chi connectivity index (χ2n) is 7.02. The fraction of sp³-hybridized carbons (Fsp3) is 1.00. The monoisotopic (exact) mass is 267 g/mol. The van der Waals surface area contributed by atoms with Gasteiger partial charge in [0.2, 0.25) is 0 Å². The maximum absolute atomic E-state index is 9.12. The van der Waals surface area contributed by atoms with Gasteiger partial charge in [0, 0.05) is 6.54 Å². The predicted octanol–water partition coefficient (Wildman–Crippen LogP) is 0.504. The molecular weight excluding hydrogens is 238 g/mol. The number of nitrogens with zero attached hydrogens (tertiary/aromatic N) is 2. The molecule has 4 bridgehead atoms. The predicted molar refractivity (Wildman–Crippen MR) is 76.9 cm³/mol. The molecule has 6 fully saturated rings. The largest absolute Gasteiger partial charge is 0.394 e. The molecule has 110 valence electrons. The number of hydrogen-bond donors (Lipinski definition) is 2. The van der Waals surface area contributed by atoms with Crippen LogP contribution in [0.15, 0.2) is 0 Å². The quantitative estimate of drug-likeness (QED) is 0.726. The minimum absolute atomic E-state index is 0.147. The van der Waals surface area contributed by atoms with Crippen LogP contribution in [-0.2, 0) is 0 Å². The second kappa shape index (κ2) is 5.68. The summed E-state index contributed by atoms with van der Waals surface area (Å²) in [6, 6.07) is 0. The van der Waals surface area contributed by atoms with Crippen LogP contribution in [0.3, 0.4) is 0 Å². The molecule has 4 nitrogen and oxygen atoms in total. The van der Waals surface area contributed by atoms with Crippen molar-refractivity contribution < 1.29 is 5.11 Å². The zero-order chi connectivity index (χ0) is 13.3. The highest BCUT2D eigenvalue weighted by molar-refractivity contribution is 5.01. The molecule has 6 heterocycles. The van der Waals surface area contributed by atoms with Crippen LogP contribution in [0.1, 0.15) is 32.1 Å². The first-order chi connectivity index (χ1) is 9.19. The Morgan fingerprint density at radius 2 is 1.42 bits per heavy atom. The Balaban J connectivity index is 0.000000122. The van der Waals surface area contributed by atoms with Crippen molar-refractivity contribution >= 4 is 0 Å². The van der Waals surface area contributed by atoms with E-state index < -0.39 is 0 Å². The number of nitrogens with two attached hydrogens (primary N) is 1. The molecule has 0 aromatic heterocycles. The van der Waals surface area contributed by atoms with E-state index in [1.54, 1.807) is 0 Å². The Kier molecular flexibility index (Phi) is 4.13. The Bertz CT molecular complexity index is 273. The van der Waals surface area contributed by atoms with Crippen molar-refractivity contribution in [2.75, 3.05) is 45.9 Å². The van der Waals surface area contributed by atoms with E-state index in [4.69, 9.17) is 10.8 Å². The summed E-state index contributed by atoms with van der Waals surface area (Å²) >= 11 is 0. The van der Waals surface area contributed by atoms with Crippen LogP contribution in [0.2, 0.25) is 0 Å². The second-order valence-corrected chi connectivity index (χ2v) is 7.02. The standard InChI is InChI=1S/C8H16N2O.C7H13N/c9-8(6-11)5-10-3-1-7(8)2-4-10;1-4-8-5-2-7(1)3-6-8/h7,11H,1-6,9H2;7H,1-6H2. The van der Waals surface area contributed by atoms with Gasteiger partial charge in [-0.2, -0.15) is 0 Å². The molecule has 0 aromatic carbocycles. The SMILES string of the molecule is C1CN2CCC1CC2.NC1(CO)CN2CCC1CC2. The first-order valence-electron chi connectivity index (χ1n) is 8.04. The number of aliphatic hydroxyl groups excluding tert-OH is 1. The zero-order valence-corrected chi connectivity index (χ0v) is 12.1. The van der Waals surface area contributed by atoms with Gasteiger partial charge < -0.3 is 20.6 Å². The van der Waals surface area contributed by atoms with E-state index in [0.29, 0.717) is 5.92 Å². The van der Waals surface area contributed by atoms with Crippen molar-refractivity contribution in [1.82, 2.24) is 9.80 Å². The van der Waals surface area contributed by atoms with E-state index in [1.165, 1.54) is 64.8 Å². The van der Waals surface area contributed by atoms with Gasteiger partial charge in [0.25, 0.3) is 0 Å². The van der Waals surface area contributed by atoms with Crippen LogP contribution in [0.5, 0.6) is 0 Å². The number of aliphatic hydroxyl groups is 1. The Labute approximate surface area is 116 Å². The van der Waals surface area contributed by atoms with E-state index in [1.807, 2.05) is 0 Å². The third-order valence-corrected chi connectivity index (χ3v) is 5.77. The molecule has 6 aliphatic rings. The van der Waals surface area contributed by atoms with E-state index in [-0.39, 0.29) is 12.1 Å². The molecule has 1 unspecified atom stereocenters. The van der Waals surface area contributed by atoms with Crippen LogP contribution in [0.25, 0.3) is 0 Å². The average Bonchev–Trinajstić information content (AvgIpc) is 2.51. The van der Waals surface area contributed by atoms with E-state index in [9.17, 15) is 0 Å². The van der Waals surface area contributed by atoms with E-state index in [2.05, 4.69) is 9.80 Å². The molecular formula is C15H29N3O. The van der Waals surface area contributed by atoms with Gasteiger partial charge in [-0.25, -0.2) is 0 Å². The molecule has 0 saturated carbocycles. The molecule has 6 saturated heterocycles. The minimum Gasteiger partial charge on any atom is -0.394 e. The highest BCUT2D eigenvalue weighted by Crippen LogP contribution is 2.33. The summed E-state index contributed by atoms with van der Waals surface area (Å²) in [5.74, 6) is 1.68. The van der Waals surface area contributed by atoms with Gasteiger partial charge in [-0.05, 0) is 76.7 Å². The molecule has 6 aliphatic heterocycles. The van der Waals surface area contributed by atoms with Gasteiger partial charge in [0.1, 0.15) is 0 Å². The third-order valence-electron chi connectivity index (χ3n) is 5.77. The Morgan fingerprint density at radius 3 is 1.63 bits per heavy atom. The van der Waals surface area contributed by atoms with Gasteiger partial charge >= 0.3 is 0 Å². The molecule has 0 spiro atoms. The van der Waals surface area contributed by atoms with Crippen molar-refractivity contribution in [1.29, 1.82) is 0 Å². The van der Waals surface area contributed by atoms with Gasteiger partial charge in [0.05, 0.1) is 12.1 Å². The molecule has 3 N–H and O–H groups in total. The summed E-state index contributed by atoms with van der Waals surface area (Å²) in [6.07, 6.45) is 6.81. The third kappa shape index (κ3) is 2.97. The van der Waals surface area contributed by atoms with Crippen molar-refractivity contribution in [3.05, 3.63) is 0 Å². The molecule has 1 atom stereocenters. The Hall–Kier alpha value is -0.160. The average molecular weight is 267 g/mol. The highest BCUT2D eigenvalue weighted by atomic mass is 16.3. The number of rotatable bonds is 1. The van der Waals surface area contributed by atoms with Crippen molar-refractivity contribution in [2.45, 2.75) is 37.6 Å². The lowest BCUT2D eigenvalue weighted by Crippen LogP contribution is -2.65. The summed E-state index contributed by atoms with van der Waals surface area (Å²) in [4.78, 5) is 4.94. The highest BCUT2D eigenvalue weighted by Gasteiger charge is 2.43. The maximum Gasteiger partial charge on any atom is 0.0626 e. The molecule has 4 heteroatoms. The van der Waals surface area contributed by atoms with Crippen LogP contribution in [-0.4, -0.2) is 66.3 Å². The van der Waals surface area contributed by atoms with Crippen LogP contribution >= 0.6 is 0 Å². The first-order valence-corrected chi connectivity index (χ1v) is 8.04. The fourth-order valence-electron chi connectivity index (χ4n) is 4.25. The van der Waals surface area contributed by atoms with Gasteiger partial charge in [-0.15, -0.1) is 0 Å². The normalized spacial score (nSPS) is 47.7. The fourth-order valence-corrected chi connectivity index (χ4v) is 4.25. The van der Waals surface area contributed by atoms with Gasteiger partial charge in [-0.3, -0.25) is 0 Å². The summed E-state index contributed by atoms with van der Waals surface area (Å²) in [5, 5.41) is 9.12. The van der Waals surface area contributed by atoms with E-state index >= 15 is 0 Å². The summed E-state index contributed by atoms with van der Waals surface area (Å²) in [5.41, 5.74) is 5.77. The maximum atomic E-state index is 9.12. The lowest BCUT2D eigenvalue weighted by molar-refractivity contribution is -0.00274. The smallest absolute Gasteiger partial charge is 0.0626 e. The van der Waals surface area contributed by atoms with Crippen molar-refractivity contribution in [3.8, 4) is 0 Å². The van der Waals surface area contributed by atoms with Crippen LogP contribution in [0, 0.1) is 11.8 Å². The number of hydrogen-bond acceptors (Lipinski definition) is 4. The summed E-state index contributed by atoms with van der Waals surface area (Å²) in [6.45, 7) is 7.59. The lowest BCUT2D eigenvalue weighted by Gasteiger charge is -2.50. The zero-order valence-electron chi connectivity index (χ0n) is 12.1. The number of fused-ring (bicyclic) bond motifs is 6. The topological polar surface area (TPSA) is 52.7 Å². The van der Waals surface area contributed by atoms with Gasteiger partial charge in [0.15, 0.2) is 0 Å². The number of piperidine rings is 6. The molecule has 0 aliphatic carbocycles. The van der Waals surface area contributed by atoms with Crippen LogP contribution < -0.4 is 5.73 Å². The van der Waals surface area contributed by atoms with Gasteiger partial charge in [-0.1, -0.05) is 0 Å².